The van der Waals surface area contributed by atoms with Crippen molar-refractivity contribution in [2.75, 3.05) is 0 Å². The van der Waals surface area contributed by atoms with Gasteiger partial charge in [-0.1, -0.05) is 23.8 Å². The van der Waals surface area contributed by atoms with E-state index in [9.17, 15) is 9.59 Å². The third-order valence-corrected chi connectivity index (χ3v) is 2.79. The van der Waals surface area contributed by atoms with Crippen molar-refractivity contribution in [3.63, 3.8) is 0 Å². The van der Waals surface area contributed by atoms with Gasteiger partial charge in [-0.3, -0.25) is 14.5 Å². The molecular weight excluding hydrogens is 190 g/mol. The summed E-state index contributed by atoms with van der Waals surface area (Å²) in [4.78, 5) is 24.4. The number of nitrogens with zero attached hydrogens (tertiary/aromatic N) is 1. The maximum Gasteiger partial charge on any atom is 0.254 e. The highest BCUT2D eigenvalue weighted by molar-refractivity contribution is 6.13. The number of imide groups is 1. The number of carbonyl (C=O) groups is 2. The number of hydrogen-bond donors (Lipinski definition) is 0. The predicted molar refractivity (Wildman–Crippen MR) is 56.9 cm³/mol. The fourth-order valence-corrected chi connectivity index (χ4v) is 2.16. The molecule has 2 rings (SSSR count). The molecule has 1 aliphatic heterocycles. The van der Waals surface area contributed by atoms with E-state index in [1.165, 1.54) is 22.6 Å². The summed E-state index contributed by atoms with van der Waals surface area (Å²) < 4.78 is 0. The molecule has 1 aliphatic carbocycles. The monoisotopic (exact) mass is 203 g/mol. The molecule has 2 amide bonds. The van der Waals surface area contributed by atoms with Crippen LogP contribution in [-0.2, 0) is 9.59 Å². The van der Waals surface area contributed by atoms with Crippen LogP contribution >= 0.6 is 0 Å². The average Bonchev–Trinajstić information content (AvgIpc) is 2.46. The van der Waals surface area contributed by atoms with Crippen LogP contribution in [0, 0.1) is 0 Å². The molecule has 2 aliphatic rings. The Labute approximate surface area is 88.8 Å². The van der Waals surface area contributed by atoms with Gasteiger partial charge in [0.05, 0.1) is 5.54 Å². The van der Waals surface area contributed by atoms with Gasteiger partial charge in [0, 0.05) is 12.2 Å². The van der Waals surface area contributed by atoms with E-state index in [1.54, 1.807) is 0 Å². The van der Waals surface area contributed by atoms with E-state index in [1.807, 2.05) is 32.1 Å². The molecule has 1 unspecified atom stereocenters. The van der Waals surface area contributed by atoms with Crippen molar-refractivity contribution in [2.45, 2.75) is 25.8 Å². The molecule has 0 aromatic rings. The van der Waals surface area contributed by atoms with Gasteiger partial charge in [-0.15, -0.1) is 0 Å². The lowest BCUT2D eigenvalue weighted by Gasteiger charge is -2.36. The van der Waals surface area contributed by atoms with Gasteiger partial charge < -0.3 is 0 Å². The molecule has 0 saturated carbocycles. The Morgan fingerprint density at radius 2 is 1.87 bits per heavy atom. The molecule has 3 heteroatoms. The third-order valence-electron chi connectivity index (χ3n) is 2.79. The van der Waals surface area contributed by atoms with Crippen LogP contribution < -0.4 is 0 Å². The van der Waals surface area contributed by atoms with Crippen molar-refractivity contribution in [3.8, 4) is 0 Å². The summed E-state index contributed by atoms with van der Waals surface area (Å²) in [5, 5.41) is 0. The zero-order valence-electron chi connectivity index (χ0n) is 8.86. The minimum absolute atomic E-state index is 0.221. The molecular formula is C12H13NO2. The molecule has 0 spiro atoms. The van der Waals surface area contributed by atoms with Gasteiger partial charge in [0.25, 0.3) is 11.8 Å². The third kappa shape index (κ3) is 1.54. The van der Waals surface area contributed by atoms with Gasteiger partial charge >= 0.3 is 0 Å². The van der Waals surface area contributed by atoms with Crippen molar-refractivity contribution in [3.05, 3.63) is 36.0 Å². The predicted octanol–water partition coefficient (Wildman–Crippen LogP) is 1.58. The van der Waals surface area contributed by atoms with Crippen molar-refractivity contribution < 1.29 is 9.59 Å². The molecule has 0 fully saturated rings. The quantitative estimate of drug-likeness (QED) is 0.607. The lowest BCUT2D eigenvalue weighted by Crippen LogP contribution is -2.49. The van der Waals surface area contributed by atoms with Crippen LogP contribution in [0.25, 0.3) is 0 Å². The van der Waals surface area contributed by atoms with E-state index >= 15 is 0 Å². The molecule has 0 aromatic heterocycles. The molecule has 0 saturated heterocycles. The fraction of sp³-hybridized carbons (Fsp3) is 0.333. The molecule has 3 nitrogen and oxygen atoms in total. The maximum absolute atomic E-state index is 11.6. The SMILES string of the molecule is CC1=CC=CC(C)(N2C(=O)C=CC2=O)C1. The minimum atomic E-state index is -0.503. The van der Waals surface area contributed by atoms with Crippen molar-refractivity contribution in [1.29, 1.82) is 0 Å². The smallest absolute Gasteiger partial charge is 0.254 e. The van der Waals surface area contributed by atoms with Crippen LogP contribution in [0.15, 0.2) is 36.0 Å². The van der Waals surface area contributed by atoms with Crippen molar-refractivity contribution in [2.24, 2.45) is 0 Å². The Morgan fingerprint density at radius 1 is 1.27 bits per heavy atom. The van der Waals surface area contributed by atoms with E-state index in [-0.39, 0.29) is 11.8 Å². The van der Waals surface area contributed by atoms with E-state index in [2.05, 4.69) is 0 Å². The summed E-state index contributed by atoms with van der Waals surface area (Å²) in [7, 11) is 0. The zero-order valence-corrected chi connectivity index (χ0v) is 8.86. The highest BCUT2D eigenvalue weighted by Gasteiger charge is 2.39. The second-order valence-corrected chi connectivity index (χ2v) is 4.25. The molecule has 0 aromatic carbocycles. The molecule has 1 atom stereocenters. The number of rotatable bonds is 1. The highest BCUT2D eigenvalue weighted by Crippen LogP contribution is 2.30. The Bertz CT molecular complexity index is 399. The molecule has 1 heterocycles. The second kappa shape index (κ2) is 3.19. The standard InChI is InChI=1S/C12H13NO2/c1-9-4-3-7-12(2,8-9)13-10(14)5-6-11(13)15/h3-7H,8H2,1-2H3. The van der Waals surface area contributed by atoms with Crippen LogP contribution in [0.4, 0.5) is 0 Å². The summed E-state index contributed by atoms with van der Waals surface area (Å²) >= 11 is 0. The molecule has 0 radical (unpaired) electrons. The van der Waals surface area contributed by atoms with E-state index in [4.69, 9.17) is 0 Å². The van der Waals surface area contributed by atoms with Crippen molar-refractivity contribution >= 4 is 11.8 Å². The number of hydrogen-bond acceptors (Lipinski definition) is 2. The molecule has 15 heavy (non-hydrogen) atoms. The van der Waals surface area contributed by atoms with Crippen LogP contribution in [0.3, 0.4) is 0 Å². The number of allylic oxidation sites excluding steroid dienone is 2. The fourth-order valence-electron chi connectivity index (χ4n) is 2.16. The molecule has 0 N–H and O–H groups in total. The number of amides is 2. The first-order chi connectivity index (χ1) is 7.03. The Kier molecular flexibility index (Phi) is 2.11. The lowest BCUT2D eigenvalue weighted by atomic mass is 9.87. The Balaban J connectivity index is 2.32. The van der Waals surface area contributed by atoms with Gasteiger partial charge in [-0.05, 0) is 20.3 Å². The first-order valence-corrected chi connectivity index (χ1v) is 4.94. The summed E-state index contributed by atoms with van der Waals surface area (Å²) in [6, 6.07) is 0. The molecule has 78 valence electrons. The van der Waals surface area contributed by atoms with Gasteiger partial charge in [-0.2, -0.15) is 0 Å². The van der Waals surface area contributed by atoms with Crippen LogP contribution in [0.2, 0.25) is 0 Å². The van der Waals surface area contributed by atoms with E-state index < -0.39 is 5.54 Å². The normalized spacial score (nSPS) is 30.0. The summed E-state index contributed by atoms with van der Waals surface area (Å²) in [5.74, 6) is -0.441. The molecule has 0 bridgehead atoms. The highest BCUT2D eigenvalue weighted by atomic mass is 16.2. The summed E-state index contributed by atoms with van der Waals surface area (Å²) in [5.41, 5.74) is 0.670. The second-order valence-electron chi connectivity index (χ2n) is 4.25. The summed E-state index contributed by atoms with van der Waals surface area (Å²) in [6.07, 6.45) is 9.17. The largest absolute Gasteiger partial charge is 0.269 e. The first-order valence-electron chi connectivity index (χ1n) is 4.94. The summed E-state index contributed by atoms with van der Waals surface area (Å²) in [6.45, 7) is 3.91. The Hall–Kier alpha value is -1.64. The number of carbonyl (C=O) groups excluding carboxylic acids is 2. The van der Waals surface area contributed by atoms with Gasteiger partial charge in [0.15, 0.2) is 0 Å². The first kappa shape index (κ1) is 9.90. The van der Waals surface area contributed by atoms with Gasteiger partial charge in [0.1, 0.15) is 0 Å². The Morgan fingerprint density at radius 3 is 2.40 bits per heavy atom. The van der Waals surface area contributed by atoms with Crippen LogP contribution in [-0.4, -0.2) is 22.3 Å². The average molecular weight is 203 g/mol. The van der Waals surface area contributed by atoms with E-state index in [0.717, 1.165) is 0 Å². The zero-order chi connectivity index (χ0) is 11.1. The van der Waals surface area contributed by atoms with Crippen LogP contribution in [0.1, 0.15) is 20.3 Å². The maximum atomic E-state index is 11.6. The topological polar surface area (TPSA) is 37.4 Å². The minimum Gasteiger partial charge on any atom is -0.269 e. The van der Waals surface area contributed by atoms with Gasteiger partial charge in [0.2, 0.25) is 0 Å². The van der Waals surface area contributed by atoms with Crippen LogP contribution in [0.5, 0.6) is 0 Å². The van der Waals surface area contributed by atoms with E-state index in [0.29, 0.717) is 6.42 Å². The lowest BCUT2D eigenvalue weighted by molar-refractivity contribution is -0.141. The van der Waals surface area contributed by atoms with Crippen molar-refractivity contribution in [1.82, 2.24) is 4.90 Å². The van der Waals surface area contributed by atoms with Gasteiger partial charge in [-0.25, -0.2) is 0 Å².